The molecular formula is C17H16O4S. The molecule has 0 saturated carbocycles. The fourth-order valence-corrected chi connectivity index (χ4v) is 2.87. The van der Waals surface area contributed by atoms with Crippen LogP contribution in [0, 0.1) is 0 Å². The van der Waals surface area contributed by atoms with Crippen molar-refractivity contribution < 1.29 is 19.4 Å². The van der Waals surface area contributed by atoms with E-state index in [0.717, 1.165) is 28.6 Å². The summed E-state index contributed by atoms with van der Waals surface area (Å²) >= 11 is 0.807. The Balaban J connectivity index is 2.33. The zero-order valence-corrected chi connectivity index (χ0v) is 13.1. The summed E-state index contributed by atoms with van der Waals surface area (Å²) in [6.45, 7) is 1.36. The first-order chi connectivity index (χ1) is 10.5. The van der Waals surface area contributed by atoms with Gasteiger partial charge in [0.1, 0.15) is 11.0 Å². The number of hydrogen-bond acceptors (Lipinski definition) is 4. The van der Waals surface area contributed by atoms with Crippen LogP contribution in [-0.4, -0.2) is 23.3 Å². The Morgan fingerprint density at radius 2 is 1.73 bits per heavy atom. The van der Waals surface area contributed by atoms with Crippen molar-refractivity contribution in [3.8, 4) is 16.9 Å². The van der Waals surface area contributed by atoms with Crippen molar-refractivity contribution >= 4 is 22.8 Å². The first kappa shape index (κ1) is 16.1. The summed E-state index contributed by atoms with van der Waals surface area (Å²) in [5.41, 5.74) is 2.45. The van der Waals surface area contributed by atoms with E-state index in [4.69, 9.17) is 4.74 Å². The van der Waals surface area contributed by atoms with Crippen LogP contribution in [0.1, 0.15) is 17.7 Å². The molecule has 0 spiro atoms. The lowest BCUT2D eigenvalue weighted by atomic mass is 10.0. The summed E-state index contributed by atoms with van der Waals surface area (Å²) in [4.78, 5) is 22.5. The van der Waals surface area contributed by atoms with Crippen molar-refractivity contribution in [3.63, 3.8) is 0 Å². The van der Waals surface area contributed by atoms with Gasteiger partial charge in [-0.3, -0.25) is 9.59 Å². The molecule has 1 unspecified atom stereocenters. The third kappa shape index (κ3) is 3.68. The normalized spacial score (nSPS) is 11.7. The first-order valence-electron chi connectivity index (χ1n) is 6.66. The van der Waals surface area contributed by atoms with Gasteiger partial charge in [-0.05, 0) is 17.2 Å². The van der Waals surface area contributed by atoms with E-state index < -0.39 is 11.2 Å². The van der Waals surface area contributed by atoms with E-state index >= 15 is 0 Å². The Labute approximate surface area is 133 Å². The molecule has 0 aromatic heterocycles. The van der Waals surface area contributed by atoms with E-state index in [9.17, 15) is 14.7 Å². The van der Waals surface area contributed by atoms with Gasteiger partial charge in [0.15, 0.2) is 5.12 Å². The average Bonchev–Trinajstić information content (AvgIpc) is 2.52. The largest absolute Gasteiger partial charge is 0.496 e. The molecule has 114 valence electrons. The number of benzene rings is 2. The number of aliphatic carboxylic acids is 1. The van der Waals surface area contributed by atoms with E-state index in [1.165, 1.54) is 6.92 Å². The minimum atomic E-state index is -1.02. The third-order valence-electron chi connectivity index (χ3n) is 3.14. The third-order valence-corrected chi connectivity index (χ3v) is 4.18. The second kappa shape index (κ2) is 7.13. The highest BCUT2D eigenvalue weighted by Crippen LogP contribution is 2.33. The molecule has 0 aliphatic heterocycles. The number of carbonyl (C=O) groups is 2. The second-order valence-corrected chi connectivity index (χ2v) is 5.93. The Hall–Kier alpha value is -2.27. The van der Waals surface area contributed by atoms with Gasteiger partial charge in [0.2, 0.25) is 0 Å². The lowest BCUT2D eigenvalue weighted by molar-refractivity contribution is -0.136. The summed E-state index contributed by atoms with van der Waals surface area (Å²) < 4.78 is 5.33. The molecule has 1 atom stereocenters. The molecule has 4 nitrogen and oxygen atoms in total. The summed E-state index contributed by atoms with van der Waals surface area (Å²) in [6.07, 6.45) is 0. The molecule has 2 aromatic rings. The van der Waals surface area contributed by atoms with Gasteiger partial charge in [-0.15, -0.1) is 0 Å². The Morgan fingerprint density at radius 3 is 2.27 bits per heavy atom. The van der Waals surface area contributed by atoms with Crippen LogP contribution in [0.15, 0.2) is 48.5 Å². The standard InChI is InChI=1S/C17H16O4S/c1-11(18)22-16(17(19)20)13-9-7-12(8-10-13)14-5-3-4-6-15(14)21-2/h3-10,16H,1-2H3,(H,19,20). The monoisotopic (exact) mass is 316 g/mol. The quantitative estimate of drug-likeness (QED) is 0.909. The van der Waals surface area contributed by atoms with Crippen LogP contribution in [0.25, 0.3) is 11.1 Å². The molecule has 0 aliphatic carbocycles. The predicted molar refractivity (Wildman–Crippen MR) is 87.1 cm³/mol. The fourth-order valence-electron chi connectivity index (χ4n) is 2.15. The summed E-state index contributed by atoms with van der Waals surface area (Å²) in [7, 11) is 1.61. The molecule has 2 aromatic carbocycles. The molecule has 22 heavy (non-hydrogen) atoms. The maximum absolute atomic E-state index is 11.3. The summed E-state index contributed by atoms with van der Waals surface area (Å²) in [5, 5.41) is 8.14. The van der Waals surface area contributed by atoms with Crippen LogP contribution in [0.5, 0.6) is 5.75 Å². The van der Waals surface area contributed by atoms with E-state index in [0.29, 0.717) is 5.56 Å². The maximum Gasteiger partial charge on any atom is 0.321 e. The number of carboxylic acids is 1. The molecule has 0 aliphatic rings. The second-order valence-electron chi connectivity index (χ2n) is 4.65. The number of thioether (sulfide) groups is 1. The molecule has 0 saturated heterocycles. The van der Waals surface area contributed by atoms with Crippen LogP contribution >= 0.6 is 11.8 Å². The van der Waals surface area contributed by atoms with E-state index in [1.54, 1.807) is 19.2 Å². The molecule has 0 fully saturated rings. The number of carboxylic acid groups (broad SMARTS) is 1. The Morgan fingerprint density at radius 1 is 1.09 bits per heavy atom. The average molecular weight is 316 g/mol. The molecule has 0 radical (unpaired) electrons. The van der Waals surface area contributed by atoms with Gasteiger partial charge in [0.25, 0.3) is 0 Å². The van der Waals surface area contributed by atoms with E-state index in [-0.39, 0.29) is 5.12 Å². The van der Waals surface area contributed by atoms with E-state index in [1.807, 2.05) is 36.4 Å². The minimum Gasteiger partial charge on any atom is -0.496 e. The van der Waals surface area contributed by atoms with Gasteiger partial charge in [0.05, 0.1) is 7.11 Å². The first-order valence-corrected chi connectivity index (χ1v) is 7.54. The lowest BCUT2D eigenvalue weighted by Gasteiger charge is -2.12. The fraction of sp³-hybridized carbons (Fsp3) is 0.176. The molecule has 1 N–H and O–H groups in total. The van der Waals surface area contributed by atoms with Gasteiger partial charge in [-0.1, -0.05) is 54.2 Å². The molecule has 0 bridgehead atoms. The summed E-state index contributed by atoms with van der Waals surface area (Å²) in [6, 6.07) is 14.8. The topological polar surface area (TPSA) is 63.6 Å². The highest BCUT2D eigenvalue weighted by Gasteiger charge is 2.22. The van der Waals surface area contributed by atoms with Gasteiger partial charge >= 0.3 is 5.97 Å². The SMILES string of the molecule is COc1ccccc1-c1ccc(C(SC(C)=O)C(=O)O)cc1. The van der Waals surface area contributed by atoms with Crippen molar-refractivity contribution in [2.75, 3.05) is 7.11 Å². The zero-order chi connectivity index (χ0) is 16.1. The van der Waals surface area contributed by atoms with Crippen molar-refractivity contribution in [2.24, 2.45) is 0 Å². The van der Waals surface area contributed by atoms with Gasteiger partial charge in [0, 0.05) is 12.5 Å². The van der Waals surface area contributed by atoms with Crippen LogP contribution in [-0.2, 0) is 9.59 Å². The van der Waals surface area contributed by atoms with Crippen molar-refractivity contribution in [1.29, 1.82) is 0 Å². The van der Waals surface area contributed by atoms with Gasteiger partial charge < -0.3 is 9.84 Å². The smallest absolute Gasteiger partial charge is 0.321 e. The number of methoxy groups -OCH3 is 1. The van der Waals surface area contributed by atoms with Crippen molar-refractivity contribution in [1.82, 2.24) is 0 Å². The molecule has 0 heterocycles. The van der Waals surface area contributed by atoms with Crippen LogP contribution < -0.4 is 4.74 Å². The zero-order valence-electron chi connectivity index (χ0n) is 12.3. The molecular weight excluding hydrogens is 300 g/mol. The highest BCUT2D eigenvalue weighted by molar-refractivity contribution is 8.14. The van der Waals surface area contributed by atoms with Gasteiger partial charge in [-0.25, -0.2) is 0 Å². The van der Waals surface area contributed by atoms with Crippen molar-refractivity contribution in [2.45, 2.75) is 12.2 Å². The molecule has 0 amide bonds. The van der Waals surface area contributed by atoms with E-state index in [2.05, 4.69) is 0 Å². The molecule has 5 heteroatoms. The number of para-hydroxylation sites is 1. The van der Waals surface area contributed by atoms with Crippen LogP contribution in [0.2, 0.25) is 0 Å². The maximum atomic E-state index is 11.3. The predicted octanol–water partition coefficient (Wildman–Crippen LogP) is 3.77. The van der Waals surface area contributed by atoms with Gasteiger partial charge in [-0.2, -0.15) is 0 Å². The summed E-state index contributed by atoms with van der Waals surface area (Å²) in [5.74, 6) is -0.270. The van der Waals surface area contributed by atoms with Crippen LogP contribution in [0.4, 0.5) is 0 Å². The van der Waals surface area contributed by atoms with Crippen LogP contribution in [0.3, 0.4) is 0 Å². The number of carbonyl (C=O) groups excluding carboxylic acids is 1. The Bertz CT molecular complexity index is 679. The molecule has 2 rings (SSSR count). The number of ether oxygens (including phenoxy) is 1. The van der Waals surface area contributed by atoms with Crippen molar-refractivity contribution in [3.05, 3.63) is 54.1 Å². The number of hydrogen-bond donors (Lipinski definition) is 1. The Kier molecular flexibility index (Phi) is 5.22. The minimum absolute atomic E-state index is 0.221. The lowest BCUT2D eigenvalue weighted by Crippen LogP contribution is -2.09. The highest BCUT2D eigenvalue weighted by atomic mass is 32.2. The number of rotatable bonds is 5.